The van der Waals surface area contributed by atoms with Gasteiger partial charge in [0, 0.05) is 24.0 Å². The van der Waals surface area contributed by atoms with Crippen LogP contribution in [-0.4, -0.2) is 33.9 Å². The maximum Gasteiger partial charge on any atom is 0.278 e. The summed E-state index contributed by atoms with van der Waals surface area (Å²) in [6.45, 7) is 3.04. The summed E-state index contributed by atoms with van der Waals surface area (Å²) in [5.74, 6) is -2.28. The minimum absolute atomic E-state index is 0.0244. The quantitative estimate of drug-likeness (QED) is 0.582. The molecule has 7 nitrogen and oxygen atoms in total. The number of nitrogens with zero attached hydrogens (tertiary/aromatic N) is 2. The molecule has 3 amide bonds. The lowest BCUT2D eigenvalue weighted by Crippen LogP contribution is -2.65. The van der Waals surface area contributed by atoms with Crippen molar-refractivity contribution < 1.29 is 23.2 Å². The van der Waals surface area contributed by atoms with Crippen molar-refractivity contribution in [3.05, 3.63) is 59.8 Å². The van der Waals surface area contributed by atoms with Gasteiger partial charge in [-0.15, -0.1) is 0 Å². The van der Waals surface area contributed by atoms with Gasteiger partial charge in [-0.2, -0.15) is 0 Å². The number of carbonyl (C=O) groups excluding carboxylic acids is 3. The van der Waals surface area contributed by atoms with E-state index in [2.05, 4.69) is 10.6 Å². The first-order chi connectivity index (χ1) is 16.7. The summed E-state index contributed by atoms with van der Waals surface area (Å²) >= 11 is 0. The zero-order valence-electron chi connectivity index (χ0n) is 19.5. The molecule has 2 N–H and O–H groups in total. The molecule has 1 fully saturated rings. The molecule has 2 heterocycles. The highest BCUT2D eigenvalue weighted by Crippen LogP contribution is 2.41. The molecule has 182 valence electrons. The van der Waals surface area contributed by atoms with E-state index in [1.165, 1.54) is 54.3 Å². The number of hydrogen-bond acceptors (Lipinski definition) is 3. The fraction of sp³-hybridized carbons (Fsp3) is 0.346. The minimum atomic E-state index is -1.36. The Morgan fingerprint density at radius 2 is 1.69 bits per heavy atom. The van der Waals surface area contributed by atoms with E-state index in [0.717, 1.165) is 25.7 Å². The summed E-state index contributed by atoms with van der Waals surface area (Å²) in [5, 5.41) is 6.14. The van der Waals surface area contributed by atoms with Gasteiger partial charge in [-0.25, -0.2) is 8.78 Å². The minimum Gasteiger partial charge on any atom is -0.351 e. The first kappa shape index (κ1) is 23.0. The number of rotatable bonds is 4. The third-order valence-corrected chi connectivity index (χ3v) is 6.96. The number of benzene rings is 2. The molecule has 1 aliphatic carbocycles. The van der Waals surface area contributed by atoms with Crippen LogP contribution >= 0.6 is 0 Å². The van der Waals surface area contributed by atoms with Gasteiger partial charge in [0.2, 0.25) is 11.8 Å². The molecule has 1 atom stereocenters. The van der Waals surface area contributed by atoms with Gasteiger partial charge in [0.25, 0.3) is 5.91 Å². The molecule has 0 bridgehead atoms. The number of amides is 3. The molecule has 2 aliphatic rings. The summed E-state index contributed by atoms with van der Waals surface area (Å²) in [6, 6.07) is 9.45. The number of fused-ring (bicyclic) bond motifs is 3. The van der Waals surface area contributed by atoms with Crippen LogP contribution in [0.5, 0.6) is 0 Å². The lowest BCUT2D eigenvalue weighted by atomic mass is 9.93. The third-order valence-electron chi connectivity index (χ3n) is 6.96. The van der Waals surface area contributed by atoms with Gasteiger partial charge < -0.3 is 15.2 Å². The number of carbonyl (C=O) groups is 3. The number of nitrogens with one attached hydrogen (secondary N) is 2. The molecule has 9 heteroatoms. The maximum absolute atomic E-state index is 14.2. The van der Waals surface area contributed by atoms with Crippen molar-refractivity contribution in [2.75, 3.05) is 10.2 Å². The number of halogens is 2. The van der Waals surface area contributed by atoms with Crippen molar-refractivity contribution in [2.24, 2.45) is 0 Å². The van der Waals surface area contributed by atoms with Crippen molar-refractivity contribution in [1.82, 2.24) is 9.88 Å². The lowest BCUT2D eigenvalue weighted by Gasteiger charge is -2.44. The topological polar surface area (TPSA) is 83.4 Å². The van der Waals surface area contributed by atoms with Crippen LogP contribution in [0.15, 0.2) is 42.5 Å². The highest BCUT2D eigenvalue weighted by Gasteiger charge is 2.50. The van der Waals surface area contributed by atoms with Crippen LogP contribution in [0.2, 0.25) is 0 Å². The first-order valence-corrected chi connectivity index (χ1v) is 11.7. The highest BCUT2D eigenvalue weighted by atomic mass is 19.1. The number of hydrogen-bond donors (Lipinski definition) is 2. The van der Waals surface area contributed by atoms with Gasteiger partial charge in [0.1, 0.15) is 22.9 Å². The molecule has 5 rings (SSSR count). The van der Waals surface area contributed by atoms with Crippen LogP contribution in [0.25, 0.3) is 10.9 Å². The highest BCUT2D eigenvalue weighted by molar-refractivity contribution is 6.20. The number of aromatic nitrogens is 1. The molecular weight excluding hydrogens is 454 g/mol. The maximum atomic E-state index is 14.2. The molecule has 0 spiro atoms. The van der Waals surface area contributed by atoms with E-state index in [1.54, 1.807) is 11.5 Å². The van der Waals surface area contributed by atoms with Crippen LogP contribution < -0.4 is 15.5 Å². The van der Waals surface area contributed by atoms with Crippen LogP contribution in [0.4, 0.5) is 20.2 Å². The van der Waals surface area contributed by atoms with Crippen molar-refractivity contribution in [3.63, 3.8) is 0 Å². The molecule has 3 aromatic rings. The molecule has 35 heavy (non-hydrogen) atoms. The van der Waals surface area contributed by atoms with Gasteiger partial charge in [-0.3, -0.25) is 19.3 Å². The van der Waals surface area contributed by atoms with Crippen molar-refractivity contribution in [1.29, 1.82) is 0 Å². The smallest absolute Gasteiger partial charge is 0.278 e. The molecule has 0 saturated heterocycles. The fourth-order valence-electron chi connectivity index (χ4n) is 5.30. The van der Waals surface area contributed by atoms with Gasteiger partial charge in [0.15, 0.2) is 0 Å². The van der Waals surface area contributed by atoms with Crippen LogP contribution in [0.3, 0.4) is 0 Å². The van der Waals surface area contributed by atoms with E-state index in [4.69, 9.17) is 0 Å². The molecule has 0 radical (unpaired) electrons. The monoisotopic (exact) mass is 480 g/mol. The van der Waals surface area contributed by atoms with Crippen molar-refractivity contribution in [2.45, 2.75) is 57.7 Å². The Morgan fingerprint density at radius 1 is 1.03 bits per heavy atom. The van der Waals surface area contributed by atoms with E-state index < -0.39 is 29.0 Å². The molecule has 2 aromatic carbocycles. The standard InChI is InChI=1S/C26H26F2N4O3/c1-15(33)29-22-20-13-17(28)9-12-21(20)31-14-26(2,25(35)30-18-5-3-4-6-18)32(24(34)23(22)31)19-10-7-16(27)8-11-19/h7-13,18H,3-6,14H2,1-2H3,(H,29,33)(H,30,35)/t26-/m0/s1. The Bertz CT molecular complexity index is 1340. The van der Waals surface area contributed by atoms with Crippen molar-refractivity contribution >= 4 is 40.0 Å². The zero-order chi connectivity index (χ0) is 24.9. The average Bonchev–Trinajstić information content (AvgIpc) is 3.41. The van der Waals surface area contributed by atoms with Gasteiger partial charge >= 0.3 is 0 Å². The fourth-order valence-corrected chi connectivity index (χ4v) is 5.30. The zero-order valence-corrected chi connectivity index (χ0v) is 19.5. The molecule has 1 aromatic heterocycles. The molecule has 1 saturated carbocycles. The van der Waals surface area contributed by atoms with Gasteiger partial charge in [0.05, 0.1) is 17.7 Å². The number of anilines is 2. The summed E-state index contributed by atoms with van der Waals surface area (Å²) in [6.07, 6.45) is 3.80. The normalized spacial score (nSPS) is 20.2. The summed E-state index contributed by atoms with van der Waals surface area (Å²) in [4.78, 5) is 41.2. The Balaban J connectivity index is 1.71. The third kappa shape index (κ3) is 3.84. The lowest BCUT2D eigenvalue weighted by molar-refractivity contribution is -0.127. The predicted octanol–water partition coefficient (Wildman–Crippen LogP) is 4.36. The molecular formula is C26H26F2N4O3. The Labute approximate surface area is 201 Å². The van der Waals surface area contributed by atoms with Crippen molar-refractivity contribution in [3.8, 4) is 0 Å². The van der Waals surface area contributed by atoms with E-state index in [1.807, 2.05) is 0 Å². The van der Waals surface area contributed by atoms with Crippen LogP contribution in [-0.2, 0) is 16.1 Å². The van der Waals surface area contributed by atoms with E-state index >= 15 is 0 Å². The van der Waals surface area contributed by atoms with Gasteiger partial charge in [-0.05, 0) is 62.2 Å². The molecule has 0 unspecified atom stereocenters. The van der Waals surface area contributed by atoms with Gasteiger partial charge in [-0.1, -0.05) is 12.8 Å². The van der Waals surface area contributed by atoms with E-state index in [0.29, 0.717) is 16.6 Å². The summed E-state index contributed by atoms with van der Waals surface area (Å²) < 4.78 is 29.6. The second-order valence-electron chi connectivity index (χ2n) is 9.50. The van der Waals surface area contributed by atoms with Crippen LogP contribution in [0.1, 0.15) is 50.0 Å². The molecule has 1 aliphatic heterocycles. The largest absolute Gasteiger partial charge is 0.351 e. The van der Waals surface area contributed by atoms with Crippen LogP contribution in [0, 0.1) is 11.6 Å². The second-order valence-corrected chi connectivity index (χ2v) is 9.50. The summed E-state index contributed by atoms with van der Waals surface area (Å²) in [5.41, 5.74) is -0.175. The van der Waals surface area contributed by atoms with E-state index in [9.17, 15) is 23.2 Å². The Kier molecular flexibility index (Phi) is 5.57. The first-order valence-electron chi connectivity index (χ1n) is 11.7. The second kappa shape index (κ2) is 8.48. The Morgan fingerprint density at radius 3 is 2.34 bits per heavy atom. The van der Waals surface area contributed by atoms with E-state index in [-0.39, 0.29) is 29.9 Å². The summed E-state index contributed by atoms with van der Waals surface area (Å²) in [7, 11) is 0. The Hall–Kier alpha value is -3.75. The SMILES string of the molecule is CC(=O)Nc1c2n(c3ccc(F)cc13)C[C@@](C)(C(=O)NC1CCCC1)N(c1ccc(F)cc1)C2=O. The predicted molar refractivity (Wildman–Crippen MR) is 128 cm³/mol. The average molecular weight is 481 g/mol.